The summed E-state index contributed by atoms with van der Waals surface area (Å²) in [4.78, 5) is 15.2. The van der Waals surface area contributed by atoms with Crippen LogP contribution < -0.4 is 0 Å². The highest BCUT2D eigenvalue weighted by Crippen LogP contribution is 2.35. The Morgan fingerprint density at radius 2 is 1.57 bits per heavy atom. The van der Waals surface area contributed by atoms with Gasteiger partial charge < -0.3 is 4.90 Å². The molecule has 0 amide bonds. The standard InChI is InChI=1S/C22H26N2O3S/c25-21-17-24(28(26,27)22-12-6-5-11-19(21)22)20(18-9-3-1-4-10-18)13-16-23-14-7-2-8-15-23/h1,3-6,9-12,20H,2,7-8,13-17H2. The lowest BCUT2D eigenvalue weighted by molar-refractivity contribution is 0.0933. The first-order valence-electron chi connectivity index (χ1n) is 9.99. The summed E-state index contributed by atoms with van der Waals surface area (Å²) < 4.78 is 28.2. The van der Waals surface area contributed by atoms with E-state index in [-0.39, 0.29) is 23.3 Å². The molecule has 0 bridgehead atoms. The fourth-order valence-corrected chi connectivity index (χ4v) is 6.09. The van der Waals surface area contributed by atoms with Gasteiger partial charge >= 0.3 is 0 Å². The van der Waals surface area contributed by atoms with Gasteiger partial charge in [-0.1, -0.05) is 48.9 Å². The fraction of sp³-hybridized carbons (Fsp3) is 0.409. The van der Waals surface area contributed by atoms with Crippen molar-refractivity contribution in [2.75, 3.05) is 26.2 Å². The first kappa shape index (κ1) is 19.3. The molecule has 0 saturated carbocycles. The van der Waals surface area contributed by atoms with Crippen LogP contribution in [0.4, 0.5) is 0 Å². The maximum Gasteiger partial charge on any atom is 0.244 e. The van der Waals surface area contributed by atoms with Crippen molar-refractivity contribution < 1.29 is 13.2 Å². The number of hydrogen-bond acceptors (Lipinski definition) is 4. The molecule has 5 nitrogen and oxygen atoms in total. The van der Waals surface area contributed by atoms with Crippen LogP contribution in [0.5, 0.6) is 0 Å². The predicted molar refractivity (Wildman–Crippen MR) is 109 cm³/mol. The average molecular weight is 399 g/mol. The number of piperidine rings is 1. The third-order valence-corrected chi connectivity index (χ3v) is 7.69. The summed E-state index contributed by atoms with van der Waals surface area (Å²) in [5, 5.41) is 0. The Balaban J connectivity index is 1.67. The minimum atomic E-state index is -3.72. The maximum atomic E-state index is 13.4. The molecule has 1 unspecified atom stereocenters. The summed E-state index contributed by atoms with van der Waals surface area (Å²) in [6.45, 7) is 2.87. The molecule has 2 aliphatic rings. The Kier molecular flexibility index (Phi) is 5.62. The molecule has 2 aromatic rings. The van der Waals surface area contributed by atoms with Gasteiger partial charge in [0, 0.05) is 5.56 Å². The van der Waals surface area contributed by atoms with Crippen molar-refractivity contribution in [3.63, 3.8) is 0 Å². The average Bonchev–Trinajstić information content (AvgIpc) is 2.73. The molecular formula is C22H26N2O3S. The van der Waals surface area contributed by atoms with Crippen molar-refractivity contribution in [2.45, 2.75) is 36.6 Å². The second kappa shape index (κ2) is 8.15. The molecule has 4 rings (SSSR count). The number of nitrogens with zero attached hydrogens (tertiary/aromatic N) is 2. The Hall–Kier alpha value is -2.02. The molecular weight excluding hydrogens is 372 g/mol. The summed E-state index contributed by atoms with van der Waals surface area (Å²) in [5.74, 6) is -0.135. The second-order valence-electron chi connectivity index (χ2n) is 7.59. The summed E-state index contributed by atoms with van der Waals surface area (Å²) in [5.41, 5.74) is 1.25. The van der Waals surface area contributed by atoms with Crippen LogP contribution in [0.2, 0.25) is 0 Å². The summed E-state index contributed by atoms with van der Waals surface area (Å²) in [7, 11) is -3.72. The van der Waals surface area contributed by atoms with Crippen molar-refractivity contribution in [1.29, 1.82) is 0 Å². The number of Topliss-reactive ketones (excluding diaryl/α,β-unsaturated/α-hetero) is 1. The third-order valence-electron chi connectivity index (χ3n) is 5.77. The minimum absolute atomic E-state index is 0.0983. The van der Waals surface area contributed by atoms with E-state index < -0.39 is 10.0 Å². The van der Waals surface area contributed by atoms with E-state index in [1.54, 1.807) is 24.3 Å². The molecule has 0 aromatic heterocycles. The van der Waals surface area contributed by atoms with E-state index in [9.17, 15) is 13.2 Å². The molecule has 1 saturated heterocycles. The number of hydrogen-bond donors (Lipinski definition) is 0. The highest BCUT2D eigenvalue weighted by molar-refractivity contribution is 7.89. The zero-order valence-corrected chi connectivity index (χ0v) is 16.8. The molecule has 28 heavy (non-hydrogen) atoms. The molecule has 0 radical (unpaired) electrons. The predicted octanol–water partition coefficient (Wildman–Crippen LogP) is 3.49. The quantitative estimate of drug-likeness (QED) is 0.774. The number of sulfonamides is 1. The van der Waals surface area contributed by atoms with Crippen LogP contribution in [-0.4, -0.2) is 49.6 Å². The van der Waals surface area contributed by atoms with Crippen molar-refractivity contribution in [3.8, 4) is 0 Å². The molecule has 1 atom stereocenters. The number of benzene rings is 2. The zero-order valence-electron chi connectivity index (χ0n) is 16.0. The van der Waals surface area contributed by atoms with Gasteiger partial charge in [0.25, 0.3) is 0 Å². The Morgan fingerprint density at radius 3 is 2.32 bits per heavy atom. The zero-order chi connectivity index (χ0) is 19.6. The lowest BCUT2D eigenvalue weighted by atomic mass is 10.0. The number of fused-ring (bicyclic) bond motifs is 1. The van der Waals surface area contributed by atoms with Crippen LogP contribution in [0.15, 0.2) is 59.5 Å². The van der Waals surface area contributed by atoms with Crippen LogP contribution in [-0.2, 0) is 10.0 Å². The molecule has 6 heteroatoms. The largest absolute Gasteiger partial charge is 0.303 e. The first-order chi connectivity index (χ1) is 13.6. The van der Waals surface area contributed by atoms with E-state index in [1.165, 1.54) is 23.6 Å². The second-order valence-corrected chi connectivity index (χ2v) is 9.45. The van der Waals surface area contributed by atoms with Gasteiger partial charge in [-0.25, -0.2) is 8.42 Å². The molecule has 2 aromatic carbocycles. The van der Waals surface area contributed by atoms with Gasteiger partial charge in [0.15, 0.2) is 5.78 Å². The van der Waals surface area contributed by atoms with Crippen LogP contribution in [0.3, 0.4) is 0 Å². The number of ketones is 1. The SMILES string of the molecule is O=C1CN(C(CCN2CCCCC2)c2ccccc2)S(=O)(=O)c2ccccc21. The number of likely N-dealkylation sites (tertiary alicyclic amines) is 1. The van der Waals surface area contributed by atoms with Gasteiger partial charge in [-0.05, 0) is 56.6 Å². The van der Waals surface area contributed by atoms with Crippen LogP contribution >= 0.6 is 0 Å². The van der Waals surface area contributed by atoms with Crippen molar-refractivity contribution in [2.24, 2.45) is 0 Å². The van der Waals surface area contributed by atoms with Gasteiger partial charge in [0.2, 0.25) is 10.0 Å². The van der Waals surface area contributed by atoms with Gasteiger partial charge in [-0.15, -0.1) is 0 Å². The van der Waals surface area contributed by atoms with Gasteiger partial charge in [0.1, 0.15) is 0 Å². The molecule has 148 valence electrons. The number of rotatable bonds is 5. The minimum Gasteiger partial charge on any atom is -0.303 e. The monoisotopic (exact) mass is 398 g/mol. The number of carbonyl (C=O) groups excluding carboxylic acids is 1. The highest BCUT2D eigenvalue weighted by Gasteiger charge is 2.40. The smallest absolute Gasteiger partial charge is 0.244 e. The normalized spacial score (nSPS) is 21.2. The van der Waals surface area contributed by atoms with Crippen molar-refractivity contribution >= 4 is 15.8 Å². The molecule has 2 aliphatic heterocycles. The van der Waals surface area contributed by atoms with E-state index >= 15 is 0 Å². The Morgan fingerprint density at radius 1 is 0.893 bits per heavy atom. The molecule has 2 heterocycles. The summed E-state index contributed by atoms with van der Waals surface area (Å²) in [6.07, 6.45) is 4.34. The lowest BCUT2D eigenvalue weighted by Gasteiger charge is -2.36. The van der Waals surface area contributed by atoms with Crippen LogP contribution in [0.25, 0.3) is 0 Å². The Bertz CT molecular complexity index is 937. The summed E-state index contributed by atoms with van der Waals surface area (Å²) in [6, 6.07) is 15.9. The van der Waals surface area contributed by atoms with E-state index in [0.29, 0.717) is 12.0 Å². The Labute approximate surface area is 167 Å². The number of carbonyl (C=O) groups is 1. The van der Waals surface area contributed by atoms with Crippen molar-refractivity contribution in [1.82, 2.24) is 9.21 Å². The topological polar surface area (TPSA) is 57.7 Å². The van der Waals surface area contributed by atoms with Gasteiger partial charge in [0.05, 0.1) is 17.5 Å². The van der Waals surface area contributed by atoms with E-state index in [0.717, 1.165) is 25.2 Å². The summed E-state index contributed by atoms with van der Waals surface area (Å²) >= 11 is 0. The van der Waals surface area contributed by atoms with Crippen molar-refractivity contribution in [3.05, 3.63) is 65.7 Å². The molecule has 0 aliphatic carbocycles. The molecule has 1 fully saturated rings. The van der Waals surface area contributed by atoms with Crippen LogP contribution in [0.1, 0.15) is 47.6 Å². The first-order valence-corrected chi connectivity index (χ1v) is 11.4. The van der Waals surface area contributed by atoms with Crippen LogP contribution in [0, 0.1) is 0 Å². The van der Waals surface area contributed by atoms with Gasteiger partial charge in [-0.2, -0.15) is 4.31 Å². The molecule has 0 spiro atoms. The van der Waals surface area contributed by atoms with Gasteiger partial charge in [-0.3, -0.25) is 4.79 Å². The lowest BCUT2D eigenvalue weighted by Crippen LogP contribution is -2.44. The maximum absolute atomic E-state index is 13.4. The van der Waals surface area contributed by atoms with E-state index in [4.69, 9.17) is 0 Å². The van der Waals surface area contributed by atoms with E-state index in [2.05, 4.69) is 4.90 Å². The highest BCUT2D eigenvalue weighted by atomic mass is 32.2. The van der Waals surface area contributed by atoms with E-state index in [1.807, 2.05) is 30.3 Å². The molecule has 0 N–H and O–H groups in total. The third kappa shape index (κ3) is 3.77. The fourth-order valence-electron chi connectivity index (χ4n) is 4.28.